The molecule has 2 rings (SSSR count). The van der Waals surface area contributed by atoms with Crippen LogP contribution in [0.2, 0.25) is 0 Å². The summed E-state index contributed by atoms with van der Waals surface area (Å²) in [4.78, 5) is -0.153. The molecule has 0 aliphatic heterocycles. The molecule has 0 atom stereocenters. The van der Waals surface area contributed by atoms with E-state index in [2.05, 4.69) is 27.1 Å². The van der Waals surface area contributed by atoms with E-state index in [0.717, 1.165) is 6.07 Å². The van der Waals surface area contributed by atoms with Crippen molar-refractivity contribution in [2.75, 3.05) is 4.72 Å². The third-order valence-corrected chi connectivity index (χ3v) is 3.78. The van der Waals surface area contributed by atoms with E-state index < -0.39 is 15.8 Å². The average molecular weight is 300 g/mol. The molecule has 0 bridgehead atoms. The van der Waals surface area contributed by atoms with E-state index in [9.17, 15) is 12.8 Å². The van der Waals surface area contributed by atoms with E-state index in [4.69, 9.17) is 5.73 Å². The Bertz CT molecular complexity index is 713. The van der Waals surface area contributed by atoms with E-state index in [0.29, 0.717) is 0 Å². The number of anilines is 1. The molecule has 2 aromatic rings. The van der Waals surface area contributed by atoms with Crippen LogP contribution in [0.15, 0.2) is 35.5 Å². The fraction of sp³-hybridized carbons (Fsp3) is 0. The first-order chi connectivity index (χ1) is 8.90. The lowest BCUT2D eigenvalue weighted by Crippen LogP contribution is -2.16. The van der Waals surface area contributed by atoms with Crippen LogP contribution in [0, 0.1) is 5.82 Å². The van der Waals surface area contributed by atoms with Crippen LogP contribution in [0.4, 0.5) is 10.1 Å². The number of hydrogen-bond acceptors (Lipinski definition) is 4. The van der Waals surface area contributed by atoms with Crippen LogP contribution >= 0.6 is 12.2 Å². The van der Waals surface area contributed by atoms with Gasteiger partial charge in [0.05, 0.1) is 6.20 Å². The number of thiocarbonyl (C=S) groups is 1. The highest BCUT2D eigenvalue weighted by Crippen LogP contribution is 2.18. The quantitative estimate of drug-likeness (QED) is 0.731. The van der Waals surface area contributed by atoms with Gasteiger partial charge in [-0.15, -0.1) is 0 Å². The summed E-state index contributed by atoms with van der Waals surface area (Å²) in [6.45, 7) is 0. The van der Waals surface area contributed by atoms with Crippen LogP contribution in [0.1, 0.15) is 5.56 Å². The largest absolute Gasteiger partial charge is 0.389 e. The second-order valence-electron chi connectivity index (χ2n) is 3.59. The van der Waals surface area contributed by atoms with Crippen LogP contribution in [0.5, 0.6) is 0 Å². The third-order valence-electron chi connectivity index (χ3n) is 2.25. The standard InChI is InChI=1S/C10H9FN4O2S2/c11-8-2-1-6(5-7(8)10(12)18)15-19(16,17)9-3-4-13-14-9/h1-5,15H,(H2,12,18)(H,13,14). The van der Waals surface area contributed by atoms with Crippen LogP contribution in [0.3, 0.4) is 0 Å². The van der Waals surface area contributed by atoms with Crippen molar-refractivity contribution in [2.45, 2.75) is 5.03 Å². The summed E-state index contributed by atoms with van der Waals surface area (Å²) in [5.74, 6) is -0.614. The normalized spacial score (nSPS) is 11.2. The van der Waals surface area contributed by atoms with E-state index in [1.807, 2.05) is 0 Å². The third kappa shape index (κ3) is 2.88. The molecule has 0 unspecified atom stereocenters. The number of benzene rings is 1. The molecule has 0 radical (unpaired) electrons. The number of halogens is 1. The maximum absolute atomic E-state index is 13.4. The molecule has 1 aromatic heterocycles. The molecule has 0 spiro atoms. The lowest BCUT2D eigenvalue weighted by Gasteiger charge is -2.08. The predicted octanol–water partition coefficient (Wildman–Crippen LogP) is 0.984. The molecule has 6 nitrogen and oxygen atoms in total. The smallest absolute Gasteiger partial charge is 0.278 e. The number of aromatic amines is 1. The van der Waals surface area contributed by atoms with Gasteiger partial charge < -0.3 is 5.73 Å². The minimum atomic E-state index is -3.80. The number of sulfonamides is 1. The van der Waals surface area contributed by atoms with Gasteiger partial charge in [-0.3, -0.25) is 9.82 Å². The molecular weight excluding hydrogens is 291 g/mol. The van der Waals surface area contributed by atoms with Gasteiger partial charge in [0.2, 0.25) is 0 Å². The first-order valence-corrected chi connectivity index (χ1v) is 6.91. The van der Waals surface area contributed by atoms with Crippen molar-refractivity contribution in [2.24, 2.45) is 5.73 Å². The van der Waals surface area contributed by atoms with Crippen molar-refractivity contribution in [3.63, 3.8) is 0 Å². The summed E-state index contributed by atoms with van der Waals surface area (Å²) >= 11 is 4.67. The number of hydrogen-bond donors (Lipinski definition) is 3. The zero-order valence-corrected chi connectivity index (χ0v) is 11.1. The summed E-state index contributed by atoms with van der Waals surface area (Å²) in [7, 11) is -3.80. The van der Waals surface area contributed by atoms with Gasteiger partial charge in [-0.2, -0.15) is 13.5 Å². The fourth-order valence-corrected chi connectivity index (χ4v) is 2.50. The lowest BCUT2D eigenvalue weighted by molar-refractivity contribution is 0.597. The molecule has 0 saturated carbocycles. The van der Waals surface area contributed by atoms with Gasteiger partial charge in [-0.1, -0.05) is 12.2 Å². The zero-order valence-electron chi connectivity index (χ0n) is 9.42. The van der Waals surface area contributed by atoms with E-state index in [1.165, 1.54) is 24.4 Å². The molecule has 0 aliphatic carbocycles. The Labute approximate surface area is 113 Å². The van der Waals surface area contributed by atoms with Gasteiger partial charge in [0, 0.05) is 11.3 Å². The molecule has 1 aromatic carbocycles. The molecular formula is C10H9FN4O2S2. The first kappa shape index (κ1) is 13.4. The van der Waals surface area contributed by atoms with Gasteiger partial charge in [-0.05, 0) is 24.3 Å². The van der Waals surface area contributed by atoms with Crippen LogP contribution < -0.4 is 10.5 Å². The Balaban J connectivity index is 2.35. The zero-order chi connectivity index (χ0) is 14.0. The molecule has 0 fully saturated rings. The summed E-state index contributed by atoms with van der Waals surface area (Å²) in [6.07, 6.45) is 1.31. The number of H-pyrrole nitrogens is 1. The molecule has 0 aliphatic rings. The van der Waals surface area contributed by atoms with Gasteiger partial charge >= 0.3 is 0 Å². The van der Waals surface area contributed by atoms with E-state index in [1.54, 1.807) is 0 Å². The Kier molecular flexibility index (Phi) is 3.49. The van der Waals surface area contributed by atoms with Gasteiger partial charge in [-0.25, -0.2) is 4.39 Å². The Morgan fingerprint density at radius 1 is 1.42 bits per heavy atom. The number of nitrogens with one attached hydrogen (secondary N) is 2. The van der Waals surface area contributed by atoms with Crippen LogP contribution in [-0.2, 0) is 10.0 Å². The topological polar surface area (TPSA) is 101 Å². The van der Waals surface area contributed by atoms with Crippen molar-refractivity contribution in [3.8, 4) is 0 Å². The van der Waals surface area contributed by atoms with Crippen LogP contribution in [-0.4, -0.2) is 23.6 Å². The average Bonchev–Trinajstić information content (AvgIpc) is 2.85. The van der Waals surface area contributed by atoms with Crippen molar-refractivity contribution in [1.29, 1.82) is 0 Å². The van der Waals surface area contributed by atoms with E-state index in [-0.39, 0.29) is 21.3 Å². The molecule has 1 heterocycles. The van der Waals surface area contributed by atoms with E-state index >= 15 is 0 Å². The summed E-state index contributed by atoms with van der Waals surface area (Å²) in [6, 6.07) is 4.87. The predicted molar refractivity (Wildman–Crippen MR) is 71.7 cm³/mol. The molecule has 100 valence electrons. The maximum Gasteiger partial charge on any atom is 0.278 e. The Morgan fingerprint density at radius 2 is 2.16 bits per heavy atom. The fourth-order valence-electron chi connectivity index (χ4n) is 1.38. The second-order valence-corrected chi connectivity index (χ2v) is 5.68. The number of nitrogens with two attached hydrogens (primary N) is 1. The van der Waals surface area contributed by atoms with Crippen molar-refractivity contribution in [3.05, 3.63) is 41.8 Å². The highest BCUT2D eigenvalue weighted by Gasteiger charge is 2.16. The highest BCUT2D eigenvalue weighted by atomic mass is 32.2. The van der Waals surface area contributed by atoms with Crippen molar-refractivity contribution in [1.82, 2.24) is 10.2 Å². The van der Waals surface area contributed by atoms with Gasteiger partial charge in [0.1, 0.15) is 10.8 Å². The Morgan fingerprint density at radius 3 is 2.74 bits per heavy atom. The monoisotopic (exact) mass is 300 g/mol. The van der Waals surface area contributed by atoms with Gasteiger partial charge in [0.25, 0.3) is 10.0 Å². The minimum absolute atomic E-state index is 0.0280. The van der Waals surface area contributed by atoms with Crippen molar-refractivity contribution < 1.29 is 12.8 Å². The number of nitrogens with zero attached hydrogens (tertiary/aromatic N) is 1. The van der Waals surface area contributed by atoms with Crippen LogP contribution in [0.25, 0.3) is 0 Å². The van der Waals surface area contributed by atoms with Gasteiger partial charge in [0.15, 0.2) is 5.03 Å². The second kappa shape index (κ2) is 4.94. The minimum Gasteiger partial charge on any atom is -0.389 e. The molecule has 4 N–H and O–H groups in total. The lowest BCUT2D eigenvalue weighted by atomic mass is 10.2. The Hall–Kier alpha value is -2.00. The highest BCUT2D eigenvalue weighted by molar-refractivity contribution is 7.92. The summed E-state index contributed by atoms with van der Waals surface area (Å²) < 4.78 is 39.4. The summed E-state index contributed by atoms with van der Waals surface area (Å²) in [5, 5.41) is 5.76. The molecule has 0 saturated heterocycles. The molecule has 9 heteroatoms. The SMILES string of the molecule is NC(=S)c1cc(NS(=O)(=O)c2ccn[nH]2)ccc1F. The number of rotatable bonds is 4. The summed E-state index contributed by atoms with van der Waals surface area (Å²) in [5.41, 5.74) is 5.46. The first-order valence-electron chi connectivity index (χ1n) is 5.02. The maximum atomic E-state index is 13.4. The van der Waals surface area contributed by atoms with Crippen molar-refractivity contribution >= 4 is 32.9 Å². The molecule has 0 amide bonds. The molecule has 19 heavy (non-hydrogen) atoms. The number of aromatic nitrogens is 2.